The average Bonchev–Trinajstić information content (AvgIpc) is 3.02. The Morgan fingerprint density at radius 2 is 2.16 bits per heavy atom. The fourth-order valence-corrected chi connectivity index (χ4v) is 2.77. The Hall–Kier alpha value is -2.41. The number of rotatable bonds is 5. The average molecular weight is 348 g/mol. The number of carbonyl (C=O) groups excluding carboxylic acids is 1. The van der Waals surface area contributed by atoms with Gasteiger partial charge in [-0.05, 0) is 51.0 Å². The Balaban J connectivity index is 1.53. The van der Waals surface area contributed by atoms with Gasteiger partial charge in [0.25, 0.3) is 5.91 Å². The first kappa shape index (κ1) is 17.4. The second-order valence-electron chi connectivity index (χ2n) is 6.64. The molecule has 25 heavy (non-hydrogen) atoms. The molecule has 1 aromatic carbocycles. The largest absolute Gasteiger partial charge is 0.484 e. The summed E-state index contributed by atoms with van der Waals surface area (Å²) in [4.78, 5) is 16.4. The normalized spacial score (nSPS) is 19.4. The predicted molar refractivity (Wildman–Crippen MR) is 87.8 cm³/mol. The van der Waals surface area contributed by atoms with Gasteiger partial charge < -0.3 is 19.2 Å². The second-order valence-corrected chi connectivity index (χ2v) is 6.64. The van der Waals surface area contributed by atoms with Crippen molar-refractivity contribution in [1.82, 2.24) is 10.3 Å². The van der Waals surface area contributed by atoms with E-state index in [0.717, 1.165) is 12.8 Å². The third kappa shape index (κ3) is 4.79. The molecule has 1 aromatic heterocycles. The Morgan fingerprint density at radius 1 is 1.40 bits per heavy atom. The highest BCUT2D eigenvalue weighted by atomic mass is 19.1. The Kier molecular flexibility index (Phi) is 5.03. The molecule has 2 aromatic rings. The van der Waals surface area contributed by atoms with Crippen LogP contribution in [-0.4, -0.2) is 29.1 Å². The van der Waals surface area contributed by atoms with Crippen LogP contribution in [0.1, 0.15) is 43.1 Å². The van der Waals surface area contributed by atoms with Crippen LogP contribution in [0, 0.1) is 5.82 Å². The number of amides is 1. The number of carbonyl (C=O) groups is 1. The van der Waals surface area contributed by atoms with Gasteiger partial charge in [-0.25, -0.2) is 9.37 Å². The molecule has 0 radical (unpaired) electrons. The van der Waals surface area contributed by atoms with Crippen molar-refractivity contribution in [3.8, 4) is 5.75 Å². The number of nitrogens with zero attached hydrogens (tertiary/aromatic N) is 1. The highest BCUT2D eigenvalue weighted by Gasteiger charge is 2.30. The van der Waals surface area contributed by atoms with E-state index in [4.69, 9.17) is 13.9 Å². The van der Waals surface area contributed by atoms with Gasteiger partial charge in [-0.2, -0.15) is 0 Å². The maximum Gasteiger partial charge on any atom is 0.273 e. The highest BCUT2D eigenvalue weighted by molar-refractivity contribution is 5.92. The number of hydrogen-bond acceptors (Lipinski definition) is 5. The van der Waals surface area contributed by atoms with E-state index in [0.29, 0.717) is 12.4 Å². The van der Waals surface area contributed by atoms with Crippen molar-refractivity contribution in [1.29, 1.82) is 0 Å². The summed E-state index contributed by atoms with van der Waals surface area (Å²) >= 11 is 0. The van der Waals surface area contributed by atoms with E-state index in [1.165, 1.54) is 30.5 Å². The van der Waals surface area contributed by atoms with Gasteiger partial charge in [-0.15, -0.1) is 0 Å². The molecule has 0 unspecified atom stereocenters. The maximum absolute atomic E-state index is 12.8. The van der Waals surface area contributed by atoms with Crippen LogP contribution in [0.2, 0.25) is 0 Å². The van der Waals surface area contributed by atoms with E-state index in [2.05, 4.69) is 10.3 Å². The van der Waals surface area contributed by atoms with E-state index in [1.807, 2.05) is 13.8 Å². The zero-order valence-electron chi connectivity index (χ0n) is 14.3. The minimum atomic E-state index is -0.335. The molecule has 6 nitrogen and oxygen atoms in total. The first-order valence-corrected chi connectivity index (χ1v) is 8.19. The van der Waals surface area contributed by atoms with Crippen LogP contribution in [0.25, 0.3) is 0 Å². The summed E-state index contributed by atoms with van der Waals surface area (Å²) < 4.78 is 29.2. The molecular formula is C18H21FN2O4. The topological polar surface area (TPSA) is 73.6 Å². The van der Waals surface area contributed by atoms with E-state index in [1.54, 1.807) is 0 Å². The number of halogens is 1. The summed E-state index contributed by atoms with van der Waals surface area (Å²) in [6.45, 7) is 4.69. The van der Waals surface area contributed by atoms with Crippen LogP contribution in [-0.2, 0) is 11.3 Å². The van der Waals surface area contributed by atoms with Gasteiger partial charge in [-0.3, -0.25) is 4.79 Å². The molecule has 1 amide bonds. The number of benzene rings is 1. The zero-order valence-corrected chi connectivity index (χ0v) is 14.3. The quantitative estimate of drug-likeness (QED) is 0.899. The smallest absolute Gasteiger partial charge is 0.273 e. The highest BCUT2D eigenvalue weighted by Crippen LogP contribution is 2.24. The number of ether oxygens (including phenoxy) is 2. The standard InChI is InChI=1S/C18H21FN2O4/c1-18(2)9-13(7-8-25-18)20-17(22)15-10-24-16(21-15)11-23-14-5-3-12(19)4-6-14/h3-6,10,13H,7-9,11H2,1-2H3,(H,20,22)/t13-/m1/s1. The molecular weight excluding hydrogens is 327 g/mol. The Labute approximate surface area is 145 Å². The zero-order chi connectivity index (χ0) is 17.9. The van der Waals surface area contributed by atoms with Crippen LogP contribution >= 0.6 is 0 Å². The van der Waals surface area contributed by atoms with Crippen molar-refractivity contribution in [2.45, 2.75) is 44.9 Å². The molecule has 134 valence electrons. The van der Waals surface area contributed by atoms with Crippen molar-refractivity contribution in [3.05, 3.63) is 47.9 Å². The molecule has 1 atom stereocenters. The lowest BCUT2D eigenvalue weighted by Gasteiger charge is -2.35. The number of hydrogen-bond donors (Lipinski definition) is 1. The van der Waals surface area contributed by atoms with E-state index in [-0.39, 0.29) is 41.6 Å². The Bertz CT molecular complexity index is 727. The molecule has 1 aliphatic rings. The van der Waals surface area contributed by atoms with Crippen molar-refractivity contribution in [2.24, 2.45) is 0 Å². The van der Waals surface area contributed by atoms with Gasteiger partial charge in [0, 0.05) is 12.6 Å². The third-order valence-corrected chi connectivity index (χ3v) is 3.99. The van der Waals surface area contributed by atoms with E-state index >= 15 is 0 Å². The van der Waals surface area contributed by atoms with Gasteiger partial charge in [0.05, 0.1) is 5.60 Å². The molecule has 1 fully saturated rings. The lowest BCUT2D eigenvalue weighted by atomic mass is 9.94. The maximum atomic E-state index is 12.8. The monoisotopic (exact) mass is 348 g/mol. The van der Waals surface area contributed by atoms with Crippen LogP contribution < -0.4 is 10.1 Å². The number of nitrogens with one attached hydrogen (secondary N) is 1. The van der Waals surface area contributed by atoms with E-state index < -0.39 is 0 Å². The molecule has 0 bridgehead atoms. The number of oxazole rings is 1. The predicted octanol–water partition coefficient (Wildman–Crippen LogP) is 3.08. The van der Waals surface area contributed by atoms with Crippen LogP contribution in [0.15, 0.2) is 34.9 Å². The molecule has 1 aliphatic heterocycles. The first-order chi connectivity index (χ1) is 11.9. The van der Waals surface area contributed by atoms with E-state index in [9.17, 15) is 9.18 Å². The van der Waals surface area contributed by atoms with Crippen LogP contribution in [0.3, 0.4) is 0 Å². The fraction of sp³-hybridized carbons (Fsp3) is 0.444. The summed E-state index contributed by atoms with van der Waals surface area (Å²) in [6.07, 6.45) is 2.83. The van der Waals surface area contributed by atoms with Crippen molar-refractivity contribution in [2.75, 3.05) is 6.61 Å². The van der Waals surface area contributed by atoms with Gasteiger partial charge >= 0.3 is 0 Å². The fourth-order valence-electron chi connectivity index (χ4n) is 2.77. The lowest BCUT2D eigenvalue weighted by Crippen LogP contribution is -2.45. The van der Waals surface area contributed by atoms with Crippen molar-refractivity contribution < 1.29 is 23.1 Å². The minimum Gasteiger partial charge on any atom is -0.484 e. The molecule has 2 heterocycles. The SMILES string of the molecule is CC1(C)C[C@H](NC(=O)c2coc(COc3ccc(F)cc3)n2)CCO1. The molecule has 0 saturated carbocycles. The lowest BCUT2D eigenvalue weighted by molar-refractivity contribution is -0.0615. The van der Waals surface area contributed by atoms with Crippen LogP contribution in [0.5, 0.6) is 5.75 Å². The van der Waals surface area contributed by atoms with Crippen LogP contribution in [0.4, 0.5) is 4.39 Å². The third-order valence-electron chi connectivity index (χ3n) is 3.99. The van der Waals surface area contributed by atoms with Crippen molar-refractivity contribution in [3.63, 3.8) is 0 Å². The summed E-state index contributed by atoms with van der Waals surface area (Å²) in [5.41, 5.74) is -0.0317. The summed E-state index contributed by atoms with van der Waals surface area (Å²) in [5.74, 6) is 0.162. The summed E-state index contributed by atoms with van der Waals surface area (Å²) in [7, 11) is 0. The van der Waals surface area contributed by atoms with Crippen molar-refractivity contribution >= 4 is 5.91 Å². The van der Waals surface area contributed by atoms with Gasteiger partial charge in [-0.1, -0.05) is 0 Å². The molecule has 3 rings (SSSR count). The molecule has 1 N–H and O–H groups in total. The van der Waals surface area contributed by atoms with Gasteiger partial charge in [0.2, 0.25) is 5.89 Å². The second kappa shape index (κ2) is 7.23. The number of aromatic nitrogens is 1. The summed E-state index contributed by atoms with van der Waals surface area (Å²) in [5, 5.41) is 2.96. The van der Waals surface area contributed by atoms with Gasteiger partial charge in [0.1, 0.15) is 17.8 Å². The minimum absolute atomic E-state index is 0.0480. The molecule has 0 aliphatic carbocycles. The molecule has 0 spiro atoms. The molecule has 7 heteroatoms. The first-order valence-electron chi connectivity index (χ1n) is 8.19. The Morgan fingerprint density at radius 3 is 2.88 bits per heavy atom. The van der Waals surface area contributed by atoms with Gasteiger partial charge in [0.15, 0.2) is 12.3 Å². The molecule has 1 saturated heterocycles. The summed E-state index contributed by atoms with van der Waals surface area (Å²) in [6, 6.07) is 5.68.